The first kappa shape index (κ1) is 27.8. The first-order chi connectivity index (χ1) is 18.8. The first-order valence-corrected chi connectivity index (χ1v) is 13.4. The molecule has 1 atom stereocenters. The van der Waals surface area contributed by atoms with Crippen molar-refractivity contribution in [1.82, 2.24) is 0 Å². The molecule has 0 saturated carbocycles. The molecular weight excluding hydrogens is 560 g/mol. The molecule has 4 N–H and O–H groups in total. The van der Waals surface area contributed by atoms with Crippen LogP contribution < -0.4 is 20.9 Å². The second-order valence-corrected chi connectivity index (χ2v) is 10.0. The van der Waals surface area contributed by atoms with Crippen molar-refractivity contribution < 1.29 is 23.7 Å². The fourth-order valence-corrected chi connectivity index (χ4v) is 4.84. The summed E-state index contributed by atoms with van der Waals surface area (Å²) in [5, 5.41) is 7.54. The van der Waals surface area contributed by atoms with Crippen molar-refractivity contribution in [2.75, 3.05) is 17.2 Å². The Morgan fingerprint density at radius 2 is 1.72 bits per heavy atom. The largest absolute Gasteiger partial charge is 0.449 e. The second kappa shape index (κ2) is 13.0. The number of nitrogens with two attached hydrogens (primary N) is 1. The number of aryl methyl sites for hydroxylation is 1. The van der Waals surface area contributed by atoms with Gasteiger partial charge in [-0.3, -0.25) is 14.9 Å². The Hall–Kier alpha value is -4.24. The number of amides is 3. The molecule has 0 fully saturated rings. The molecule has 8 nitrogen and oxygen atoms in total. The number of hydrogen-bond acceptors (Lipinski definition) is 4. The van der Waals surface area contributed by atoms with E-state index in [4.69, 9.17) is 10.5 Å². The molecule has 39 heavy (non-hydrogen) atoms. The number of nitrogens with zero attached hydrogens (tertiary/aromatic N) is 1. The van der Waals surface area contributed by atoms with Crippen molar-refractivity contribution in [3.8, 4) is 0 Å². The molecule has 0 saturated heterocycles. The van der Waals surface area contributed by atoms with Crippen LogP contribution in [0.4, 0.5) is 16.2 Å². The minimum Gasteiger partial charge on any atom is -0.449 e. The number of fused-ring (bicyclic) bond motifs is 1. The Labute approximate surface area is 235 Å². The lowest BCUT2D eigenvalue weighted by Gasteiger charge is -2.15. The van der Waals surface area contributed by atoms with Crippen LogP contribution in [-0.2, 0) is 16.1 Å². The van der Waals surface area contributed by atoms with Crippen LogP contribution in [0.1, 0.15) is 41.6 Å². The van der Waals surface area contributed by atoms with E-state index in [0.29, 0.717) is 22.5 Å². The van der Waals surface area contributed by atoms with Gasteiger partial charge in [0.05, 0.1) is 22.7 Å². The van der Waals surface area contributed by atoms with Crippen LogP contribution in [-0.4, -0.2) is 24.5 Å². The van der Waals surface area contributed by atoms with Crippen LogP contribution in [0.25, 0.3) is 10.8 Å². The average Bonchev–Trinajstić information content (AvgIpc) is 2.91. The van der Waals surface area contributed by atoms with E-state index >= 15 is 0 Å². The summed E-state index contributed by atoms with van der Waals surface area (Å²) in [5.41, 5.74) is 8.07. The lowest BCUT2D eigenvalue weighted by molar-refractivity contribution is -0.697. The lowest BCUT2D eigenvalue weighted by Crippen LogP contribution is -2.34. The molecule has 4 aromatic rings. The Morgan fingerprint density at radius 3 is 2.46 bits per heavy atom. The van der Waals surface area contributed by atoms with E-state index in [1.165, 1.54) is 0 Å². The molecule has 0 bridgehead atoms. The number of primary amides is 1. The van der Waals surface area contributed by atoms with Gasteiger partial charge in [0.2, 0.25) is 5.91 Å². The molecule has 1 unspecified atom stereocenters. The maximum Gasteiger partial charge on any atom is 0.411 e. The SMILES string of the molecule is CCC[n+]1cc(Br)cc(C(=O)Nc2ccc(C(CCOC(=O)Nc3cccc4ccccc34)C(N)=O)cc2)c1. The summed E-state index contributed by atoms with van der Waals surface area (Å²) in [6, 6.07) is 22.0. The fourth-order valence-electron chi connectivity index (χ4n) is 4.33. The highest BCUT2D eigenvalue weighted by Crippen LogP contribution is 2.24. The number of aromatic nitrogens is 1. The van der Waals surface area contributed by atoms with Crippen molar-refractivity contribution >= 4 is 56.0 Å². The molecule has 200 valence electrons. The van der Waals surface area contributed by atoms with Crippen LogP contribution in [0.3, 0.4) is 0 Å². The molecule has 1 aromatic heterocycles. The Bertz CT molecular complexity index is 1490. The van der Waals surface area contributed by atoms with Gasteiger partial charge in [0, 0.05) is 17.5 Å². The van der Waals surface area contributed by atoms with Gasteiger partial charge in [-0.15, -0.1) is 0 Å². The number of nitrogens with one attached hydrogen (secondary N) is 2. The maximum atomic E-state index is 12.8. The third kappa shape index (κ3) is 7.42. The van der Waals surface area contributed by atoms with Crippen LogP contribution in [0, 0.1) is 0 Å². The van der Waals surface area contributed by atoms with Crippen molar-refractivity contribution in [2.45, 2.75) is 32.2 Å². The molecule has 0 aliphatic carbocycles. The van der Waals surface area contributed by atoms with Gasteiger partial charge in [-0.05, 0) is 57.6 Å². The van der Waals surface area contributed by atoms with E-state index in [0.717, 1.165) is 28.2 Å². The molecule has 0 aliphatic rings. The van der Waals surface area contributed by atoms with E-state index in [1.807, 2.05) is 47.2 Å². The van der Waals surface area contributed by atoms with Crippen LogP contribution in [0.5, 0.6) is 0 Å². The summed E-state index contributed by atoms with van der Waals surface area (Å²) in [4.78, 5) is 37.3. The molecule has 3 aromatic carbocycles. The van der Waals surface area contributed by atoms with Crippen molar-refractivity contribution in [2.24, 2.45) is 5.73 Å². The normalized spacial score (nSPS) is 11.5. The highest BCUT2D eigenvalue weighted by Gasteiger charge is 2.19. The minimum atomic E-state index is -0.654. The summed E-state index contributed by atoms with van der Waals surface area (Å²) < 4.78 is 8.12. The zero-order valence-corrected chi connectivity index (χ0v) is 23.1. The van der Waals surface area contributed by atoms with E-state index in [9.17, 15) is 14.4 Å². The zero-order chi connectivity index (χ0) is 27.8. The van der Waals surface area contributed by atoms with E-state index in [2.05, 4.69) is 33.5 Å². The zero-order valence-electron chi connectivity index (χ0n) is 21.5. The molecule has 1 heterocycles. The summed E-state index contributed by atoms with van der Waals surface area (Å²) in [6.07, 6.45) is 4.29. The monoisotopic (exact) mass is 589 g/mol. The third-order valence-corrected chi connectivity index (χ3v) is 6.65. The molecule has 3 amide bonds. The van der Waals surface area contributed by atoms with Crippen LogP contribution >= 0.6 is 15.9 Å². The summed E-state index contributed by atoms with van der Waals surface area (Å²) >= 11 is 3.45. The smallest absolute Gasteiger partial charge is 0.411 e. The van der Waals surface area contributed by atoms with Crippen molar-refractivity contribution in [1.29, 1.82) is 0 Å². The predicted molar refractivity (Wildman–Crippen MR) is 154 cm³/mol. The highest BCUT2D eigenvalue weighted by molar-refractivity contribution is 9.10. The maximum absolute atomic E-state index is 12.8. The van der Waals surface area contributed by atoms with E-state index in [-0.39, 0.29) is 18.9 Å². The molecule has 0 spiro atoms. The van der Waals surface area contributed by atoms with E-state index in [1.54, 1.807) is 42.6 Å². The minimum absolute atomic E-state index is 0.00331. The average molecular weight is 590 g/mol. The number of carbonyl (C=O) groups is 3. The van der Waals surface area contributed by atoms with Crippen molar-refractivity contribution in [3.63, 3.8) is 0 Å². The van der Waals surface area contributed by atoms with Gasteiger partial charge in [-0.25, -0.2) is 9.36 Å². The van der Waals surface area contributed by atoms with Crippen LogP contribution in [0.15, 0.2) is 89.7 Å². The number of rotatable bonds is 10. The molecule has 0 aliphatic heterocycles. The number of ether oxygens (including phenoxy) is 1. The van der Waals surface area contributed by atoms with Gasteiger partial charge in [-0.2, -0.15) is 0 Å². The molecule has 4 rings (SSSR count). The Morgan fingerprint density at radius 1 is 0.974 bits per heavy atom. The summed E-state index contributed by atoms with van der Waals surface area (Å²) in [6.45, 7) is 2.88. The van der Waals surface area contributed by atoms with Gasteiger partial charge in [-0.1, -0.05) is 55.5 Å². The molecule has 0 radical (unpaired) electrons. The van der Waals surface area contributed by atoms with Gasteiger partial charge in [0.25, 0.3) is 5.91 Å². The first-order valence-electron chi connectivity index (χ1n) is 12.7. The lowest BCUT2D eigenvalue weighted by atomic mass is 9.95. The summed E-state index contributed by atoms with van der Waals surface area (Å²) in [7, 11) is 0. The number of benzene rings is 3. The number of carbonyl (C=O) groups excluding carboxylic acids is 3. The number of anilines is 2. The topological polar surface area (TPSA) is 114 Å². The highest BCUT2D eigenvalue weighted by atomic mass is 79.9. The van der Waals surface area contributed by atoms with Gasteiger partial charge in [0.1, 0.15) is 12.1 Å². The quantitative estimate of drug-likeness (QED) is 0.204. The van der Waals surface area contributed by atoms with Gasteiger partial charge >= 0.3 is 6.09 Å². The second-order valence-electron chi connectivity index (χ2n) is 9.09. The predicted octanol–water partition coefficient (Wildman–Crippen LogP) is 5.76. The van der Waals surface area contributed by atoms with E-state index < -0.39 is 17.9 Å². The number of halogens is 1. The molecule has 9 heteroatoms. The third-order valence-electron chi connectivity index (χ3n) is 6.21. The standard InChI is InChI=1S/C30H29BrN4O4/c1-2-15-35-18-22(17-23(31)19-35)29(37)33-24-12-10-21(11-13-24)26(28(32)36)14-16-39-30(38)34-27-9-5-7-20-6-3-4-8-25(20)27/h3-13,17-19,26H,2,14-16H2,1H3,(H3-,32,33,34,36,37,38)/p+1. The number of pyridine rings is 1. The Balaban J connectivity index is 1.34. The van der Waals surface area contributed by atoms with Crippen LogP contribution in [0.2, 0.25) is 0 Å². The fraction of sp³-hybridized carbons (Fsp3) is 0.200. The Kier molecular flexibility index (Phi) is 9.27. The summed E-state index contributed by atoms with van der Waals surface area (Å²) in [5.74, 6) is -1.43. The number of hydrogen-bond donors (Lipinski definition) is 3. The van der Waals surface area contributed by atoms with Gasteiger partial charge in [0.15, 0.2) is 12.4 Å². The van der Waals surface area contributed by atoms with Crippen molar-refractivity contribution in [3.05, 3.63) is 101 Å². The molecular formula is C30H30BrN4O4+. The van der Waals surface area contributed by atoms with Gasteiger partial charge < -0.3 is 15.8 Å².